The highest BCUT2D eigenvalue weighted by atomic mass is 16.1. The second-order valence-electron chi connectivity index (χ2n) is 6.10. The number of carbonyl (C=O) groups is 1. The summed E-state index contributed by atoms with van der Waals surface area (Å²) in [7, 11) is 0. The molecule has 2 aromatic carbocycles. The number of hydrogen-bond donors (Lipinski definition) is 1. The average molecular weight is 325 g/mol. The zero-order chi connectivity index (χ0) is 18.1. The van der Waals surface area contributed by atoms with E-state index >= 15 is 0 Å². The molecule has 0 aromatic heterocycles. The van der Waals surface area contributed by atoms with Crippen molar-refractivity contribution < 1.29 is 4.79 Å². The van der Waals surface area contributed by atoms with Gasteiger partial charge in [0.15, 0.2) is 0 Å². The lowest BCUT2D eigenvalue weighted by Crippen LogP contribution is -2.11. The fourth-order valence-electron chi connectivity index (χ4n) is 3.08. The van der Waals surface area contributed by atoms with E-state index < -0.39 is 0 Å². The first-order valence-corrected chi connectivity index (χ1v) is 8.90. The van der Waals surface area contributed by atoms with Gasteiger partial charge in [-0.3, -0.25) is 4.79 Å². The van der Waals surface area contributed by atoms with Gasteiger partial charge in [-0.15, -0.1) is 0 Å². The fraction of sp³-hybridized carbons (Fsp3) is 0.409. The summed E-state index contributed by atoms with van der Waals surface area (Å²) < 4.78 is 0. The number of amides is 1. The zero-order valence-corrected chi connectivity index (χ0v) is 15.7. The predicted octanol–water partition coefficient (Wildman–Crippen LogP) is 5.29. The van der Waals surface area contributed by atoms with Crippen LogP contribution in [0.3, 0.4) is 0 Å². The van der Waals surface area contributed by atoms with Crippen molar-refractivity contribution in [2.24, 2.45) is 5.73 Å². The van der Waals surface area contributed by atoms with E-state index in [0.29, 0.717) is 5.92 Å². The van der Waals surface area contributed by atoms with Crippen molar-refractivity contribution in [3.05, 3.63) is 70.3 Å². The molecule has 0 saturated carbocycles. The molecular formula is C22H31NO. The van der Waals surface area contributed by atoms with Gasteiger partial charge in [-0.2, -0.15) is 0 Å². The van der Waals surface area contributed by atoms with E-state index in [1.54, 1.807) is 11.1 Å². The molecule has 2 heteroatoms. The smallest absolute Gasteiger partial charge is 0.214 e. The number of aryl methyl sites for hydroxylation is 3. The number of benzene rings is 2. The number of fused-ring (bicyclic) bond motifs is 1. The van der Waals surface area contributed by atoms with Gasteiger partial charge in [-0.05, 0) is 60.9 Å². The van der Waals surface area contributed by atoms with Crippen molar-refractivity contribution >= 4 is 5.91 Å². The topological polar surface area (TPSA) is 43.1 Å². The molecule has 0 bridgehead atoms. The van der Waals surface area contributed by atoms with Crippen molar-refractivity contribution in [3.63, 3.8) is 0 Å². The third-order valence-corrected chi connectivity index (χ3v) is 4.30. The molecule has 2 nitrogen and oxygen atoms in total. The Labute approximate surface area is 147 Å². The van der Waals surface area contributed by atoms with E-state index in [0.717, 1.165) is 0 Å². The van der Waals surface area contributed by atoms with Gasteiger partial charge in [-0.25, -0.2) is 0 Å². The van der Waals surface area contributed by atoms with Gasteiger partial charge in [0, 0.05) is 12.8 Å². The number of nitrogens with two attached hydrogens (primary N) is 1. The first-order chi connectivity index (χ1) is 11.5. The highest BCUT2D eigenvalue weighted by Crippen LogP contribution is 2.36. The van der Waals surface area contributed by atoms with E-state index in [1.807, 2.05) is 13.8 Å². The van der Waals surface area contributed by atoms with Crippen LogP contribution < -0.4 is 5.73 Å². The van der Waals surface area contributed by atoms with E-state index in [1.165, 1.54) is 42.9 Å². The van der Waals surface area contributed by atoms with Crippen LogP contribution in [0.4, 0.5) is 0 Å². The van der Waals surface area contributed by atoms with Gasteiger partial charge in [0.05, 0.1) is 0 Å². The summed E-state index contributed by atoms with van der Waals surface area (Å²) in [6.45, 7) is 9.71. The SMILES string of the molecule is CC.CC(N)=O.Cc1ccc(C2CCCc3ccccc32)cc1C. The fourth-order valence-corrected chi connectivity index (χ4v) is 3.08. The molecule has 0 heterocycles. The summed E-state index contributed by atoms with van der Waals surface area (Å²) in [5.41, 5.74) is 11.9. The largest absolute Gasteiger partial charge is 0.370 e. The first kappa shape index (κ1) is 20.0. The van der Waals surface area contributed by atoms with Gasteiger partial charge in [-0.1, -0.05) is 56.3 Å². The summed E-state index contributed by atoms with van der Waals surface area (Å²) in [4.78, 5) is 9.22. The Morgan fingerprint density at radius 3 is 2.29 bits per heavy atom. The van der Waals surface area contributed by atoms with Crippen LogP contribution in [0.15, 0.2) is 42.5 Å². The van der Waals surface area contributed by atoms with Gasteiger partial charge in [0.25, 0.3) is 0 Å². The standard InChI is InChI=1S/C18H20.C2H5NO.C2H6/c1-13-10-11-16(12-14(13)2)18-9-5-7-15-6-3-4-8-17(15)18;1-2(3)4;1-2/h3-4,6,8,10-12,18H,5,7,9H2,1-2H3;1H3,(H2,3,4);1-2H3. The second kappa shape index (κ2) is 9.92. The molecule has 0 fully saturated rings. The molecule has 0 spiro atoms. The normalized spacial score (nSPS) is 15.1. The van der Waals surface area contributed by atoms with Crippen LogP contribution in [0.5, 0.6) is 0 Å². The lowest BCUT2D eigenvalue weighted by molar-refractivity contribution is -0.115. The first-order valence-electron chi connectivity index (χ1n) is 8.90. The lowest BCUT2D eigenvalue weighted by Gasteiger charge is -2.26. The van der Waals surface area contributed by atoms with Crippen molar-refractivity contribution in [1.82, 2.24) is 0 Å². The quantitative estimate of drug-likeness (QED) is 0.760. The molecular weight excluding hydrogens is 294 g/mol. The number of hydrogen-bond acceptors (Lipinski definition) is 1. The highest BCUT2D eigenvalue weighted by molar-refractivity contribution is 5.70. The molecule has 0 saturated heterocycles. The van der Waals surface area contributed by atoms with Gasteiger partial charge in [0.1, 0.15) is 0 Å². The van der Waals surface area contributed by atoms with Gasteiger partial charge < -0.3 is 5.73 Å². The monoisotopic (exact) mass is 325 g/mol. The average Bonchev–Trinajstić information content (AvgIpc) is 2.58. The molecule has 0 aliphatic heterocycles. The Morgan fingerprint density at radius 2 is 1.67 bits per heavy atom. The third-order valence-electron chi connectivity index (χ3n) is 4.30. The van der Waals surface area contributed by atoms with Crippen LogP contribution in [-0.4, -0.2) is 5.91 Å². The van der Waals surface area contributed by atoms with Crippen molar-refractivity contribution in [3.8, 4) is 0 Å². The highest BCUT2D eigenvalue weighted by Gasteiger charge is 2.21. The second-order valence-corrected chi connectivity index (χ2v) is 6.10. The van der Waals surface area contributed by atoms with E-state index in [2.05, 4.69) is 62.0 Å². The van der Waals surface area contributed by atoms with Crippen LogP contribution in [0.25, 0.3) is 0 Å². The minimum absolute atomic E-state index is 0.333. The van der Waals surface area contributed by atoms with Crippen molar-refractivity contribution in [1.29, 1.82) is 0 Å². The molecule has 0 radical (unpaired) electrons. The molecule has 1 unspecified atom stereocenters. The van der Waals surface area contributed by atoms with Crippen molar-refractivity contribution in [2.45, 2.75) is 59.8 Å². The van der Waals surface area contributed by atoms with E-state index in [-0.39, 0.29) is 5.91 Å². The van der Waals surface area contributed by atoms with Gasteiger partial charge in [0.2, 0.25) is 5.91 Å². The molecule has 1 aliphatic carbocycles. The summed E-state index contributed by atoms with van der Waals surface area (Å²) >= 11 is 0. The molecule has 2 aromatic rings. The summed E-state index contributed by atoms with van der Waals surface area (Å²) in [6.07, 6.45) is 3.85. The Hall–Kier alpha value is -2.09. The zero-order valence-electron chi connectivity index (χ0n) is 15.7. The maximum absolute atomic E-state index is 9.22. The third kappa shape index (κ3) is 5.52. The molecule has 1 amide bonds. The molecule has 1 aliphatic rings. The van der Waals surface area contributed by atoms with Crippen LogP contribution >= 0.6 is 0 Å². The Kier molecular flexibility index (Phi) is 8.25. The van der Waals surface area contributed by atoms with Crippen LogP contribution in [0.1, 0.15) is 67.3 Å². The lowest BCUT2D eigenvalue weighted by atomic mass is 9.78. The van der Waals surface area contributed by atoms with E-state index in [9.17, 15) is 4.79 Å². The van der Waals surface area contributed by atoms with Crippen LogP contribution in [0, 0.1) is 13.8 Å². The number of rotatable bonds is 1. The summed E-state index contributed by atoms with van der Waals surface area (Å²) in [5.74, 6) is 0.272. The summed E-state index contributed by atoms with van der Waals surface area (Å²) in [6, 6.07) is 15.9. The van der Waals surface area contributed by atoms with E-state index in [4.69, 9.17) is 0 Å². The Balaban J connectivity index is 0.000000423. The molecule has 2 N–H and O–H groups in total. The maximum Gasteiger partial charge on any atom is 0.214 e. The van der Waals surface area contributed by atoms with Crippen LogP contribution in [-0.2, 0) is 11.2 Å². The molecule has 3 rings (SSSR count). The Morgan fingerprint density at radius 1 is 1.04 bits per heavy atom. The predicted molar refractivity (Wildman–Crippen MR) is 103 cm³/mol. The van der Waals surface area contributed by atoms with Crippen molar-refractivity contribution in [2.75, 3.05) is 0 Å². The number of primary amides is 1. The Bertz CT molecular complexity index is 657. The minimum Gasteiger partial charge on any atom is -0.370 e. The summed E-state index contributed by atoms with van der Waals surface area (Å²) in [5, 5.41) is 0. The van der Waals surface area contributed by atoms with Gasteiger partial charge >= 0.3 is 0 Å². The number of carbonyl (C=O) groups excluding carboxylic acids is 1. The molecule has 130 valence electrons. The molecule has 24 heavy (non-hydrogen) atoms. The van der Waals surface area contributed by atoms with Crippen LogP contribution in [0.2, 0.25) is 0 Å². The minimum atomic E-state index is -0.333. The maximum atomic E-state index is 9.22. The molecule has 1 atom stereocenters.